The summed E-state index contributed by atoms with van der Waals surface area (Å²) in [5.41, 5.74) is 0. The van der Waals surface area contributed by atoms with Gasteiger partial charge in [0.15, 0.2) is 0 Å². The van der Waals surface area contributed by atoms with Crippen molar-refractivity contribution >= 4 is 5.97 Å². The van der Waals surface area contributed by atoms with E-state index >= 15 is 0 Å². The van der Waals surface area contributed by atoms with E-state index in [9.17, 15) is 18.0 Å². The molecular weight excluding hydrogens is 203 g/mol. The average molecular weight is 209 g/mol. The molecular formula is C6H6F3N3O2. The van der Waals surface area contributed by atoms with Crippen molar-refractivity contribution in [3.05, 3.63) is 11.6 Å². The van der Waals surface area contributed by atoms with Gasteiger partial charge in [-0.05, 0) is 0 Å². The summed E-state index contributed by atoms with van der Waals surface area (Å²) < 4.78 is 41.2. The third-order valence-electron chi connectivity index (χ3n) is 1.50. The second-order valence-electron chi connectivity index (χ2n) is 2.40. The molecule has 0 saturated carbocycles. The van der Waals surface area contributed by atoms with Gasteiger partial charge in [0.2, 0.25) is 11.6 Å². The predicted octanol–water partition coefficient (Wildman–Crippen LogP) is 0.620. The van der Waals surface area contributed by atoms with Gasteiger partial charge in [-0.1, -0.05) is 0 Å². The van der Waals surface area contributed by atoms with E-state index in [2.05, 4.69) is 14.9 Å². The molecule has 1 heterocycles. The van der Waals surface area contributed by atoms with E-state index in [0.717, 1.165) is 14.2 Å². The van der Waals surface area contributed by atoms with Crippen LogP contribution in [-0.4, -0.2) is 27.8 Å². The average Bonchev–Trinajstić information content (AvgIpc) is 2.45. The minimum absolute atomic E-state index is 0.486. The molecule has 78 valence electrons. The van der Waals surface area contributed by atoms with Gasteiger partial charge in [-0.15, -0.1) is 10.2 Å². The van der Waals surface area contributed by atoms with Crippen LogP contribution in [0.2, 0.25) is 0 Å². The van der Waals surface area contributed by atoms with Gasteiger partial charge in [0.1, 0.15) is 0 Å². The number of carbonyl (C=O) groups excluding carboxylic acids is 1. The first-order chi connectivity index (χ1) is 6.38. The fourth-order valence-electron chi connectivity index (χ4n) is 0.845. The Balaban J connectivity index is 3.15. The van der Waals surface area contributed by atoms with E-state index in [1.165, 1.54) is 0 Å². The maximum absolute atomic E-state index is 12.2. The maximum Gasteiger partial charge on any atom is 0.451 e. The number of alkyl halides is 3. The topological polar surface area (TPSA) is 57.0 Å². The molecule has 14 heavy (non-hydrogen) atoms. The summed E-state index contributed by atoms with van der Waals surface area (Å²) in [7, 11) is 2.08. The summed E-state index contributed by atoms with van der Waals surface area (Å²) in [4.78, 5) is 10.9. The third kappa shape index (κ3) is 1.68. The summed E-state index contributed by atoms with van der Waals surface area (Å²) >= 11 is 0. The summed E-state index contributed by atoms with van der Waals surface area (Å²) in [5, 5.41) is 5.91. The molecule has 0 amide bonds. The molecule has 1 aromatic rings. The third-order valence-corrected chi connectivity index (χ3v) is 1.50. The zero-order chi connectivity index (χ0) is 10.9. The van der Waals surface area contributed by atoms with Gasteiger partial charge in [-0.3, -0.25) is 0 Å². The monoisotopic (exact) mass is 209 g/mol. The van der Waals surface area contributed by atoms with Gasteiger partial charge in [-0.25, -0.2) is 4.79 Å². The number of esters is 1. The van der Waals surface area contributed by atoms with E-state index in [1.807, 2.05) is 0 Å². The Bertz CT molecular complexity index is 358. The maximum atomic E-state index is 12.2. The summed E-state index contributed by atoms with van der Waals surface area (Å²) in [6, 6.07) is 0. The minimum atomic E-state index is -4.63. The molecule has 0 unspecified atom stereocenters. The lowest BCUT2D eigenvalue weighted by Gasteiger charge is -2.05. The van der Waals surface area contributed by atoms with E-state index in [-0.39, 0.29) is 0 Å². The van der Waals surface area contributed by atoms with Crippen LogP contribution in [-0.2, 0) is 18.0 Å². The van der Waals surface area contributed by atoms with E-state index in [4.69, 9.17) is 0 Å². The lowest BCUT2D eigenvalue weighted by atomic mass is 10.5. The fraction of sp³-hybridized carbons (Fsp3) is 0.500. The van der Waals surface area contributed by atoms with Crippen molar-refractivity contribution in [2.45, 2.75) is 6.18 Å². The number of methoxy groups -OCH3 is 1. The molecule has 0 fully saturated rings. The number of hydrogen-bond donors (Lipinski definition) is 0. The van der Waals surface area contributed by atoms with Crippen LogP contribution in [0, 0.1) is 0 Å². The first-order valence-electron chi connectivity index (χ1n) is 3.43. The molecule has 0 saturated heterocycles. The lowest BCUT2D eigenvalue weighted by Crippen LogP contribution is -2.16. The molecule has 0 atom stereocenters. The standard InChI is InChI=1S/C6H6F3N3O2/c1-12-3(4(13)14-2)10-11-5(12)6(7,8)9/h1-2H3. The van der Waals surface area contributed by atoms with Crippen molar-refractivity contribution in [1.82, 2.24) is 14.8 Å². The van der Waals surface area contributed by atoms with E-state index in [1.54, 1.807) is 0 Å². The van der Waals surface area contributed by atoms with Crippen LogP contribution in [0.1, 0.15) is 16.4 Å². The van der Waals surface area contributed by atoms with Crippen molar-refractivity contribution < 1.29 is 22.7 Å². The highest BCUT2D eigenvalue weighted by Gasteiger charge is 2.38. The van der Waals surface area contributed by atoms with Crippen LogP contribution in [0.15, 0.2) is 0 Å². The molecule has 0 aromatic carbocycles. The minimum Gasteiger partial charge on any atom is -0.463 e. The SMILES string of the molecule is COC(=O)c1nnc(C(F)(F)F)n1C. The van der Waals surface area contributed by atoms with Crippen molar-refractivity contribution in [2.75, 3.05) is 7.11 Å². The highest BCUT2D eigenvalue weighted by atomic mass is 19.4. The molecule has 0 bridgehead atoms. The van der Waals surface area contributed by atoms with E-state index in [0.29, 0.717) is 4.57 Å². The normalized spacial score (nSPS) is 11.5. The predicted molar refractivity (Wildman–Crippen MR) is 37.3 cm³/mol. The van der Waals surface area contributed by atoms with Crippen molar-refractivity contribution in [2.24, 2.45) is 7.05 Å². The second-order valence-corrected chi connectivity index (χ2v) is 2.40. The van der Waals surface area contributed by atoms with Gasteiger partial charge < -0.3 is 9.30 Å². The first-order valence-corrected chi connectivity index (χ1v) is 3.43. The lowest BCUT2D eigenvalue weighted by molar-refractivity contribution is -0.147. The van der Waals surface area contributed by atoms with E-state index < -0.39 is 23.8 Å². The Morgan fingerprint density at radius 3 is 2.36 bits per heavy atom. The van der Waals surface area contributed by atoms with Crippen LogP contribution in [0.3, 0.4) is 0 Å². The van der Waals surface area contributed by atoms with Gasteiger partial charge in [0.25, 0.3) is 0 Å². The van der Waals surface area contributed by atoms with Crippen LogP contribution >= 0.6 is 0 Å². The Labute approximate surface area is 76.5 Å². The van der Waals surface area contributed by atoms with Crippen molar-refractivity contribution in [3.63, 3.8) is 0 Å². The largest absolute Gasteiger partial charge is 0.463 e. The van der Waals surface area contributed by atoms with Crippen LogP contribution in [0.25, 0.3) is 0 Å². The van der Waals surface area contributed by atoms with Gasteiger partial charge in [0.05, 0.1) is 7.11 Å². The molecule has 0 radical (unpaired) electrons. The Morgan fingerprint density at radius 1 is 1.43 bits per heavy atom. The Hall–Kier alpha value is -1.60. The van der Waals surface area contributed by atoms with Crippen LogP contribution in [0.5, 0.6) is 0 Å². The summed E-state index contributed by atoms with van der Waals surface area (Å²) in [6.07, 6.45) is -4.63. The highest BCUT2D eigenvalue weighted by molar-refractivity contribution is 5.85. The molecule has 1 rings (SSSR count). The summed E-state index contributed by atoms with van der Waals surface area (Å²) in [6.45, 7) is 0. The second kappa shape index (κ2) is 3.28. The number of hydrogen-bond acceptors (Lipinski definition) is 4. The van der Waals surface area contributed by atoms with Crippen molar-refractivity contribution in [3.8, 4) is 0 Å². The fourth-order valence-corrected chi connectivity index (χ4v) is 0.845. The zero-order valence-electron chi connectivity index (χ0n) is 7.29. The number of carbonyl (C=O) groups is 1. The summed E-state index contributed by atoms with van der Waals surface area (Å²) in [5.74, 6) is -2.69. The van der Waals surface area contributed by atoms with Crippen molar-refractivity contribution in [1.29, 1.82) is 0 Å². The Kier molecular flexibility index (Phi) is 2.45. The number of nitrogens with zero attached hydrogens (tertiary/aromatic N) is 3. The molecule has 0 aliphatic heterocycles. The van der Waals surface area contributed by atoms with Gasteiger partial charge in [-0.2, -0.15) is 13.2 Å². The van der Waals surface area contributed by atoms with Gasteiger partial charge in [0, 0.05) is 7.05 Å². The smallest absolute Gasteiger partial charge is 0.451 e. The quantitative estimate of drug-likeness (QED) is 0.636. The molecule has 0 spiro atoms. The first kappa shape index (κ1) is 10.5. The van der Waals surface area contributed by atoms with Crippen LogP contribution in [0.4, 0.5) is 13.2 Å². The number of rotatable bonds is 1. The molecule has 5 nitrogen and oxygen atoms in total. The molecule has 1 aromatic heterocycles. The highest BCUT2D eigenvalue weighted by Crippen LogP contribution is 2.27. The molecule has 0 N–H and O–H groups in total. The van der Waals surface area contributed by atoms with Gasteiger partial charge >= 0.3 is 12.1 Å². The Morgan fingerprint density at radius 2 is 2.00 bits per heavy atom. The molecule has 0 aliphatic rings. The number of halogens is 3. The molecule has 8 heteroatoms. The number of ether oxygens (including phenoxy) is 1. The number of aromatic nitrogens is 3. The zero-order valence-corrected chi connectivity index (χ0v) is 7.29. The molecule has 0 aliphatic carbocycles. The van der Waals surface area contributed by atoms with Crippen LogP contribution < -0.4 is 0 Å².